The lowest BCUT2D eigenvalue weighted by Gasteiger charge is -2.34. The molecular weight excluding hydrogens is 308 g/mol. The molecule has 1 atom stereocenters. The van der Waals surface area contributed by atoms with E-state index in [1.165, 1.54) is 6.26 Å². The number of nitrogens with zero attached hydrogens (tertiary/aromatic N) is 3. The Kier molecular flexibility index (Phi) is 4.58. The fourth-order valence-corrected chi connectivity index (χ4v) is 3.08. The van der Waals surface area contributed by atoms with Crippen LogP contribution in [0.3, 0.4) is 0 Å². The molecule has 1 aliphatic carbocycles. The predicted molar refractivity (Wildman–Crippen MR) is 85.9 cm³/mol. The van der Waals surface area contributed by atoms with Crippen LogP contribution in [0, 0.1) is 17.2 Å². The minimum absolute atomic E-state index is 0.116. The van der Waals surface area contributed by atoms with E-state index in [1.54, 1.807) is 24.0 Å². The maximum Gasteiger partial charge on any atom is 0.289 e. The summed E-state index contributed by atoms with van der Waals surface area (Å²) in [5.41, 5.74) is -0.756. The first-order valence-electron chi connectivity index (χ1n) is 8.29. The maximum absolute atomic E-state index is 12.2. The molecule has 1 aromatic heterocycles. The fourth-order valence-electron chi connectivity index (χ4n) is 3.08. The summed E-state index contributed by atoms with van der Waals surface area (Å²) < 4.78 is 5.14. The summed E-state index contributed by atoms with van der Waals surface area (Å²) in [7, 11) is 0. The van der Waals surface area contributed by atoms with Gasteiger partial charge in [-0.05, 0) is 37.8 Å². The number of rotatable bonds is 5. The highest BCUT2D eigenvalue weighted by atomic mass is 16.3. The molecule has 0 unspecified atom stereocenters. The average Bonchev–Trinajstić information content (AvgIpc) is 3.31. The van der Waals surface area contributed by atoms with Crippen molar-refractivity contribution in [2.75, 3.05) is 32.7 Å². The van der Waals surface area contributed by atoms with Gasteiger partial charge in [0.15, 0.2) is 5.76 Å². The van der Waals surface area contributed by atoms with E-state index in [9.17, 15) is 14.9 Å². The van der Waals surface area contributed by atoms with Crippen LogP contribution in [0.15, 0.2) is 22.8 Å². The quantitative estimate of drug-likeness (QED) is 0.864. The highest BCUT2D eigenvalue weighted by molar-refractivity contribution is 5.91. The zero-order chi connectivity index (χ0) is 17.2. The molecule has 2 fully saturated rings. The van der Waals surface area contributed by atoms with Crippen LogP contribution in [-0.2, 0) is 4.79 Å². The van der Waals surface area contributed by atoms with Crippen molar-refractivity contribution in [1.29, 1.82) is 5.26 Å². The molecule has 0 aromatic carbocycles. The van der Waals surface area contributed by atoms with Gasteiger partial charge in [-0.1, -0.05) is 0 Å². The van der Waals surface area contributed by atoms with E-state index in [0.717, 1.165) is 12.8 Å². The normalized spacial score (nSPS) is 20.9. The molecule has 0 bridgehead atoms. The molecule has 1 aromatic rings. The van der Waals surface area contributed by atoms with Gasteiger partial charge in [0.05, 0.1) is 18.9 Å². The highest BCUT2D eigenvalue weighted by Crippen LogP contribution is 2.39. The van der Waals surface area contributed by atoms with E-state index >= 15 is 0 Å². The van der Waals surface area contributed by atoms with Gasteiger partial charge in [0, 0.05) is 26.2 Å². The van der Waals surface area contributed by atoms with Crippen molar-refractivity contribution < 1.29 is 14.0 Å². The number of nitriles is 1. The number of nitrogens with one attached hydrogen (secondary N) is 1. The molecule has 7 nitrogen and oxygen atoms in total. The van der Waals surface area contributed by atoms with Crippen LogP contribution in [0.2, 0.25) is 0 Å². The smallest absolute Gasteiger partial charge is 0.289 e. The van der Waals surface area contributed by atoms with E-state index < -0.39 is 5.54 Å². The van der Waals surface area contributed by atoms with Crippen molar-refractivity contribution >= 4 is 11.8 Å². The number of furan rings is 1. The van der Waals surface area contributed by atoms with Crippen LogP contribution in [0.5, 0.6) is 0 Å². The summed E-state index contributed by atoms with van der Waals surface area (Å²) in [5, 5.41) is 12.2. The largest absolute Gasteiger partial charge is 0.459 e. The Hall–Kier alpha value is -2.33. The third kappa shape index (κ3) is 3.60. The van der Waals surface area contributed by atoms with Crippen LogP contribution in [0.4, 0.5) is 0 Å². The van der Waals surface area contributed by atoms with Crippen LogP contribution in [0.1, 0.15) is 30.3 Å². The molecule has 1 N–H and O–H groups in total. The summed E-state index contributed by atoms with van der Waals surface area (Å²) in [6.45, 7) is 4.43. The van der Waals surface area contributed by atoms with Gasteiger partial charge in [0.25, 0.3) is 5.91 Å². The van der Waals surface area contributed by atoms with Gasteiger partial charge < -0.3 is 14.6 Å². The first kappa shape index (κ1) is 16.5. The second-order valence-electron chi connectivity index (χ2n) is 6.68. The van der Waals surface area contributed by atoms with Gasteiger partial charge in [0.2, 0.25) is 5.91 Å². The van der Waals surface area contributed by atoms with Crippen LogP contribution in [-0.4, -0.2) is 59.9 Å². The predicted octanol–water partition coefficient (Wildman–Crippen LogP) is 0.846. The SMILES string of the molecule is C[C@](C#N)(NC(=O)CN1CCN(C(=O)c2ccco2)CC1)C1CC1. The third-order valence-corrected chi connectivity index (χ3v) is 4.78. The number of carbonyl (C=O) groups is 2. The Morgan fingerprint density at radius 2 is 2.08 bits per heavy atom. The topological polar surface area (TPSA) is 89.6 Å². The first-order valence-corrected chi connectivity index (χ1v) is 8.29. The second kappa shape index (κ2) is 6.65. The number of piperazine rings is 1. The zero-order valence-electron chi connectivity index (χ0n) is 13.8. The van der Waals surface area contributed by atoms with Crippen molar-refractivity contribution in [3.8, 4) is 6.07 Å². The van der Waals surface area contributed by atoms with Gasteiger partial charge in [-0.3, -0.25) is 14.5 Å². The molecule has 1 aliphatic heterocycles. The standard InChI is InChI=1S/C17H22N4O3/c1-17(12-18,13-4-5-13)19-15(22)11-20-6-8-21(9-7-20)16(23)14-3-2-10-24-14/h2-3,10,13H,4-9,11H2,1H3,(H,19,22)/t17-/m1/s1. The summed E-state index contributed by atoms with van der Waals surface area (Å²) in [4.78, 5) is 28.2. The van der Waals surface area contributed by atoms with Gasteiger partial charge in [-0.25, -0.2) is 0 Å². The summed E-state index contributed by atoms with van der Waals surface area (Å²) in [6, 6.07) is 5.58. The van der Waals surface area contributed by atoms with Crippen molar-refractivity contribution in [3.63, 3.8) is 0 Å². The Labute approximate surface area is 141 Å². The lowest BCUT2D eigenvalue weighted by Crippen LogP contribution is -2.54. The van der Waals surface area contributed by atoms with Gasteiger partial charge in [-0.15, -0.1) is 0 Å². The molecule has 2 amide bonds. The Bertz CT molecular complexity index is 639. The zero-order valence-corrected chi connectivity index (χ0v) is 13.8. The lowest BCUT2D eigenvalue weighted by atomic mass is 9.98. The number of carbonyl (C=O) groups excluding carboxylic acids is 2. The average molecular weight is 330 g/mol. The van der Waals surface area contributed by atoms with E-state index in [1.807, 2.05) is 4.90 Å². The molecule has 128 valence electrons. The van der Waals surface area contributed by atoms with Crippen LogP contribution < -0.4 is 5.32 Å². The summed E-state index contributed by atoms with van der Waals surface area (Å²) in [5.74, 6) is 0.372. The molecule has 24 heavy (non-hydrogen) atoms. The molecule has 0 spiro atoms. The van der Waals surface area contributed by atoms with Crippen LogP contribution >= 0.6 is 0 Å². The molecular formula is C17H22N4O3. The Morgan fingerprint density at radius 3 is 2.62 bits per heavy atom. The van der Waals surface area contributed by atoms with Crippen LogP contribution in [0.25, 0.3) is 0 Å². The number of amides is 2. The van der Waals surface area contributed by atoms with E-state index in [-0.39, 0.29) is 24.3 Å². The number of hydrogen-bond acceptors (Lipinski definition) is 5. The van der Waals surface area contributed by atoms with E-state index in [0.29, 0.717) is 31.9 Å². The first-order chi connectivity index (χ1) is 11.5. The molecule has 0 radical (unpaired) electrons. The highest BCUT2D eigenvalue weighted by Gasteiger charge is 2.43. The monoisotopic (exact) mass is 330 g/mol. The van der Waals surface area contributed by atoms with Crippen molar-refractivity contribution in [2.45, 2.75) is 25.3 Å². The Morgan fingerprint density at radius 1 is 1.38 bits per heavy atom. The molecule has 3 rings (SSSR count). The third-order valence-electron chi connectivity index (χ3n) is 4.78. The maximum atomic E-state index is 12.2. The van der Waals surface area contributed by atoms with E-state index in [4.69, 9.17) is 4.42 Å². The lowest BCUT2D eigenvalue weighted by molar-refractivity contribution is -0.124. The van der Waals surface area contributed by atoms with Crippen molar-refractivity contribution in [3.05, 3.63) is 24.2 Å². The second-order valence-corrected chi connectivity index (χ2v) is 6.68. The molecule has 7 heteroatoms. The van der Waals surface area contributed by atoms with Gasteiger partial charge >= 0.3 is 0 Å². The van der Waals surface area contributed by atoms with Gasteiger partial charge in [-0.2, -0.15) is 5.26 Å². The molecule has 2 heterocycles. The van der Waals surface area contributed by atoms with E-state index in [2.05, 4.69) is 11.4 Å². The number of hydrogen-bond donors (Lipinski definition) is 1. The van der Waals surface area contributed by atoms with Gasteiger partial charge in [0.1, 0.15) is 5.54 Å². The summed E-state index contributed by atoms with van der Waals surface area (Å²) in [6.07, 6.45) is 3.48. The molecule has 1 saturated heterocycles. The molecule has 1 saturated carbocycles. The molecule has 2 aliphatic rings. The summed E-state index contributed by atoms with van der Waals surface area (Å²) >= 11 is 0. The van der Waals surface area contributed by atoms with Crippen molar-refractivity contribution in [2.24, 2.45) is 5.92 Å². The fraction of sp³-hybridized carbons (Fsp3) is 0.588. The minimum atomic E-state index is -0.756. The van der Waals surface area contributed by atoms with Crippen molar-refractivity contribution in [1.82, 2.24) is 15.1 Å². The minimum Gasteiger partial charge on any atom is -0.459 e. The Balaban J connectivity index is 1.46.